The summed E-state index contributed by atoms with van der Waals surface area (Å²) in [5.74, 6) is -1.85. The highest BCUT2D eigenvalue weighted by Crippen LogP contribution is 2.28. The Kier molecular flexibility index (Phi) is 3.47. The first-order chi connectivity index (χ1) is 10.1. The van der Waals surface area contributed by atoms with E-state index in [1.165, 1.54) is 12.3 Å². The summed E-state index contributed by atoms with van der Waals surface area (Å²) in [6, 6.07) is 8.73. The van der Waals surface area contributed by atoms with Crippen LogP contribution in [0.4, 0.5) is 8.78 Å². The number of halogens is 3. The highest BCUT2D eigenvalue weighted by Gasteiger charge is 2.18. The van der Waals surface area contributed by atoms with Crippen LogP contribution in [0.3, 0.4) is 0 Å². The molecule has 106 valence electrons. The highest BCUT2D eigenvalue weighted by atomic mass is 35.5. The van der Waals surface area contributed by atoms with E-state index in [2.05, 4.69) is 4.98 Å². The smallest absolute Gasteiger partial charge is 0.169 e. The van der Waals surface area contributed by atoms with Crippen LogP contribution in [0.25, 0.3) is 10.9 Å². The van der Waals surface area contributed by atoms with Crippen LogP contribution < -0.4 is 0 Å². The molecule has 2 aromatic carbocycles. The SMILES string of the molecule is O=C(Cc1c(F)cccc1F)c1c[nH]c2cccc(Cl)c12. The summed E-state index contributed by atoms with van der Waals surface area (Å²) >= 11 is 6.09. The lowest BCUT2D eigenvalue weighted by Crippen LogP contribution is -2.07. The molecule has 0 radical (unpaired) electrons. The molecule has 0 aliphatic carbocycles. The predicted molar refractivity (Wildman–Crippen MR) is 77.7 cm³/mol. The van der Waals surface area contributed by atoms with Crippen LogP contribution >= 0.6 is 11.6 Å². The molecule has 0 spiro atoms. The molecule has 0 aliphatic heterocycles. The molecule has 1 N–H and O–H groups in total. The molecule has 21 heavy (non-hydrogen) atoms. The van der Waals surface area contributed by atoms with E-state index in [4.69, 9.17) is 11.6 Å². The summed E-state index contributed by atoms with van der Waals surface area (Å²) in [5, 5.41) is 0.993. The van der Waals surface area contributed by atoms with Crippen molar-refractivity contribution in [3.05, 3.63) is 70.4 Å². The molecule has 0 bridgehead atoms. The molecular weight excluding hydrogens is 296 g/mol. The minimum atomic E-state index is -0.728. The minimum absolute atomic E-state index is 0.232. The lowest BCUT2D eigenvalue weighted by atomic mass is 10.0. The molecule has 0 atom stereocenters. The van der Waals surface area contributed by atoms with Gasteiger partial charge >= 0.3 is 0 Å². The van der Waals surface area contributed by atoms with Gasteiger partial charge < -0.3 is 4.98 Å². The van der Waals surface area contributed by atoms with Gasteiger partial charge in [0.05, 0.1) is 5.02 Å². The second kappa shape index (κ2) is 5.30. The Morgan fingerprint density at radius 1 is 1.10 bits per heavy atom. The van der Waals surface area contributed by atoms with Crippen molar-refractivity contribution in [2.45, 2.75) is 6.42 Å². The van der Waals surface area contributed by atoms with Gasteiger partial charge in [-0.3, -0.25) is 4.79 Å². The molecule has 3 rings (SSSR count). The molecule has 3 aromatic rings. The van der Waals surface area contributed by atoms with Gasteiger partial charge in [-0.05, 0) is 24.3 Å². The molecular formula is C16H10ClF2NO. The predicted octanol–water partition coefficient (Wildman–Crippen LogP) is 4.52. The lowest BCUT2D eigenvalue weighted by molar-refractivity contribution is 0.0992. The summed E-state index contributed by atoms with van der Waals surface area (Å²) in [5.41, 5.74) is 0.807. The molecule has 0 saturated carbocycles. The zero-order chi connectivity index (χ0) is 15.0. The van der Waals surface area contributed by atoms with E-state index in [0.717, 1.165) is 12.1 Å². The van der Waals surface area contributed by atoms with Crippen molar-refractivity contribution in [1.29, 1.82) is 0 Å². The largest absolute Gasteiger partial charge is 0.360 e. The topological polar surface area (TPSA) is 32.9 Å². The Morgan fingerprint density at radius 2 is 1.76 bits per heavy atom. The molecule has 0 unspecified atom stereocenters. The average molecular weight is 306 g/mol. The number of aromatic amines is 1. The first-order valence-electron chi connectivity index (χ1n) is 6.29. The van der Waals surface area contributed by atoms with Crippen molar-refractivity contribution in [3.63, 3.8) is 0 Å². The lowest BCUT2D eigenvalue weighted by Gasteiger charge is -2.04. The van der Waals surface area contributed by atoms with Crippen molar-refractivity contribution < 1.29 is 13.6 Å². The highest BCUT2D eigenvalue weighted by molar-refractivity contribution is 6.36. The molecule has 2 nitrogen and oxygen atoms in total. The van der Waals surface area contributed by atoms with E-state index < -0.39 is 17.4 Å². The Bertz CT molecular complexity index is 821. The van der Waals surface area contributed by atoms with E-state index in [-0.39, 0.29) is 12.0 Å². The first-order valence-corrected chi connectivity index (χ1v) is 6.67. The number of hydrogen-bond acceptors (Lipinski definition) is 1. The van der Waals surface area contributed by atoms with Gasteiger partial charge in [-0.25, -0.2) is 8.78 Å². The third kappa shape index (κ3) is 2.43. The van der Waals surface area contributed by atoms with E-state index in [1.54, 1.807) is 18.2 Å². The maximum atomic E-state index is 13.6. The van der Waals surface area contributed by atoms with E-state index in [0.29, 0.717) is 21.5 Å². The molecule has 0 fully saturated rings. The Labute approximate surface area is 124 Å². The second-order valence-electron chi connectivity index (χ2n) is 4.66. The van der Waals surface area contributed by atoms with E-state index >= 15 is 0 Å². The Balaban J connectivity index is 2.02. The van der Waals surface area contributed by atoms with Crippen LogP contribution in [0.15, 0.2) is 42.6 Å². The van der Waals surface area contributed by atoms with Crippen molar-refractivity contribution in [2.75, 3.05) is 0 Å². The maximum absolute atomic E-state index is 13.6. The fraction of sp³-hybridized carbons (Fsp3) is 0.0625. The summed E-state index contributed by atoms with van der Waals surface area (Å²) < 4.78 is 27.2. The number of rotatable bonds is 3. The number of Topliss-reactive ketones (excluding diaryl/α,β-unsaturated/α-hetero) is 1. The van der Waals surface area contributed by atoms with Crippen molar-refractivity contribution in [1.82, 2.24) is 4.98 Å². The minimum Gasteiger partial charge on any atom is -0.360 e. The Morgan fingerprint density at radius 3 is 2.48 bits per heavy atom. The fourth-order valence-electron chi connectivity index (χ4n) is 2.32. The quantitative estimate of drug-likeness (QED) is 0.709. The van der Waals surface area contributed by atoms with Gasteiger partial charge in [-0.15, -0.1) is 0 Å². The van der Waals surface area contributed by atoms with Crippen molar-refractivity contribution in [2.24, 2.45) is 0 Å². The van der Waals surface area contributed by atoms with Gasteiger partial charge in [0.15, 0.2) is 5.78 Å². The van der Waals surface area contributed by atoms with Crippen LogP contribution in [0.1, 0.15) is 15.9 Å². The van der Waals surface area contributed by atoms with Gasteiger partial charge in [0.2, 0.25) is 0 Å². The van der Waals surface area contributed by atoms with Crippen LogP contribution in [-0.2, 0) is 6.42 Å². The van der Waals surface area contributed by atoms with Crippen LogP contribution in [0.5, 0.6) is 0 Å². The van der Waals surface area contributed by atoms with Crippen LogP contribution in [-0.4, -0.2) is 10.8 Å². The summed E-state index contributed by atoms with van der Waals surface area (Å²) in [7, 11) is 0. The van der Waals surface area contributed by atoms with Crippen LogP contribution in [0.2, 0.25) is 5.02 Å². The number of H-pyrrole nitrogens is 1. The number of carbonyl (C=O) groups excluding carboxylic acids is 1. The zero-order valence-electron chi connectivity index (χ0n) is 10.8. The first kappa shape index (κ1) is 13.8. The number of benzene rings is 2. The molecule has 5 heteroatoms. The van der Waals surface area contributed by atoms with Gasteiger partial charge in [-0.1, -0.05) is 23.7 Å². The molecule has 0 saturated heterocycles. The third-order valence-electron chi connectivity index (χ3n) is 3.35. The van der Waals surface area contributed by atoms with Crippen molar-refractivity contribution >= 4 is 28.3 Å². The summed E-state index contributed by atoms with van der Waals surface area (Å²) in [6.07, 6.45) is 1.16. The normalized spacial score (nSPS) is 11.0. The second-order valence-corrected chi connectivity index (χ2v) is 5.07. The monoisotopic (exact) mass is 305 g/mol. The summed E-state index contributed by atoms with van der Waals surface area (Å²) in [4.78, 5) is 15.3. The number of fused-ring (bicyclic) bond motifs is 1. The van der Waals surface area contributed by atoms with Gasteiger partial charge in [0, 0.05) is 34.6 Å². The number of aromatic nitrogens is 1. The van der Waals surface area contributed by atoms with Gasteiger partial charge in [0.1, 0.15) is 11.6 Å². The average Bonchev–Trinajstić information content (AvgIpc) is 2.88. The van der Waals surface area contributed by atoms with E-state index in [1.807, 2.05) is 0 Å². The number of nitrogens with one attached hydrogen (secondary N) is 1. The fourth-order valence-corrected chi connectivity index (χ4v) is 2.59. The molecule has 1 heterocycles. The molecule has 0 amide bonds. The third-order valence-corrected chi connectivity index (χ3v) is 3.67. The van der Waals surface area contributed by atoms with Gasteiger partial charge in [0.25, 0.3) is 0 Å². The summed E-state index contributed by atoms with van der Waals surface area (Å²) in [6.45, 7) is 0. The number of carbonyl (C=O) groups is 1. The molecule has 0 aliphatic rings. The van der Waals surface area contributed by atoms with Gasteiger partial charge in [-0.2, -0.15) is 0 Å². The zero-order valence-corrected chi connectivity index (χ0v) is 11.5. The maximum Gasteiger partial charge on any atom is 0.169 e. The standard InChI is InChI=1S/C16H10ClF2NO/c17-11-3-1-6-14-16(11)10(8-20-14)15(21)7-9-12(18)4-2-5-13(9)19/h1-6,8,20H,7H2. The van der Waals surface area contributed by atoms with E-state index in [9.17, 15) is 13.6 Å². The number of ketones is 1. The molecule has 1 aromatic heterocycles. The van der Waals surface area contributed by atoms with Crippen molar-refractivity contribution in [3.8, 4) is 0 Å². The van der Waals surface area contributed by atoms with Crippen LogP contribution in [0, 0.1) is 11.6 Å². The Hall–Kier alpha value is -2.20. The number of hydrogen-bond donors (Lipinski definition) is 1.